The van der Waals surface area contributed by atoms with Crippen molar-refractivity contribution >= 4 is 28.9 Å². The van der Waals surface area contributed by atoms with Crippen LogP contribution >= 0.6 is 0 Å². The quantitative estimate of drug-likeness (QED) is 0.458. The molecule has 3 N–H and O–H groups in total. The first-order valence-electron chi connectivity index (χ1n) is 8.77. The average Bonchev–Trinajstić information content (AvgIpc) is 3.24. The Hall–Kier alpha value is -4.34. The van der Waals surface area contributed by atoms with Gasteiger partial charge in [0.2, 0.25) is 0 Å². The molecule has 30 heavy (non-hydrogen) atoms. The van der Waals surface area contributed by atoms with Crippen LogP contribution in [0.2, 0.25) is 0 Å². The van der Waals surface area contributed by atoms with Crippen molar-refractivity contribution in [1.29, 1.82) is 0 Å². The summed E-state index contributed by atoms with van der Waals surface area (Å²) in [7, 11) is 0. The predicted octanol–water partition coefficient (Wildman–Crippen LogP) is 4.33. The molecule has 2 heterocycles. The van der Waals surface area contributed by atoms with Gasteiger partial charge in [0.05, 0.1) is 0 Å². The van der Waals surface area contributed by atoms with E-state index in [4.69, 9.17) is 0 Å². The summed E-state index contributed by atoms with van der Waals surface area (Å²) in [6.45, 7) is 0. The van der Waals surface area contributed by atoms with Crippen molar-refractivity contribution in [2.45, 2.75) is 0 Å². The maximum atomic E-state index is 13.2. The van der Waals surface area contributed by atoms with Crippen LogP contribution in [0.3, 0.4) is 0 Å². The highest BCUT2D eigenvalue weighted by Crippen LogP contribution is 2.19. The number of nitrogens with zero attached hydrogens (tertiary/aromatic N) is 4. The zero-order valence-electron chi connectivity index (χ0n) is 15.4. The molecule has 0 unspecified atom stereocenters. The number of imidazole rings is 1. The molecule has 8 nitrogen and oxygen atoms in total. The third kappa shape index (κ3) is 4.73. The molecule has 0 saturated heterocycles. The summed E-state index contributed by atoms with van der Waals surface area (Å²) in [5, 5.41) is 8.11. The minimum atomic E-state index is -0.776. The molecule has 0 aliphatic heterocycles. The lowest BCUT2D eigenvalue weighted by molar-refractivity contribution is 0.262. The van der Waals surface area contributed by atoms with E-state index in [1.807, 2.05) is 0 Å². The number of amides is 2. The van der Waals surface area contributed by atoms with E-state index in [1.54, 1.807) is 53.6 Å². The van der Waals surface area contributed by atoms with Crippen LogP contribution in [-0.4, -0.2) is 25.6 Å². The van der Waals surface area contributed by atoms with Gasteiger partial charge in [0.25, 0.3) is 0 Å². The topological polar surface area (TPSA) is 96.8 Å². The number of carbonyl (C=O) groups is 1. The van der Waals surface area contributed by atoms with Crippen molar-refractivity contribution in [1.82, 2.24) is 19.5 Å². The number of hydrogen-bond acceptors (Lipinski definition) is 5. The molecule has 150 valence electrons. The minimum Gasteiger partial charge on any atom is -0.340 e. The highest BCUT2D eigenvalue weighted by Gasteiger charge is 2.06. The Kier molecular flexibility index (Phi) is 5.29. The molecule has 0 bridgehead atoms. The number of nitrogens with one attached hydrogen (secondary N) is 3. The molecule has 0 atom stereocenters. The first-order chi connectivity index (χ1) is 14.5. The third-order valence-corrected chi connectivity index (χ3v) is 3.96. The van der Waals surface area contributed by atoms with E-state index in [1.165, 1.54) is 6.33 Å². The normalized spacial score (nSPS) is 10.5. The van der Waals surface area contributed by atoms with Crippen LogP contribution in [0, 0.1) is 11.6 Å². The summed E-state index contributed by atoms with van der Waals surface area (Å²) < 4.78 is 28.2. The van der Waals surface area contributed by atoms with Crippen molar-refractivity contribution in [3.05, 3.63) is 85.2 Å². The predicted molar refractivity (Wildman–Crippen MR) is 108 cm³/mol. The van der Waals surface area contributed by atoms with E-state index in [-0.39, 0.29) is 5.69 Å². The van der Waals surface area contributed by atoms with Gasteiger partial charge in [-0.2, -0.15) is 0 Å². The molecule has 0 aliphatic rings. The Morgan fingerprint density at radius 3 is 2.27 bits per heavy atom. The van der Waals surface area contributed by atoms with Gasteiger partial charge in [0, 0.05) is 41.6 Å². The Morgan fingerprint density at radius 1 is 0.867 bits per heavy atom. The summed E-state index contributed by atoms with van der Waals surface area (Å²) >= 11 is 0. The first kappa shape index (κ1) is 19.0. The van der Waals surface area contributed by atoms with E-state index in [0.717, 1.165) is 23.9 Å². The average molecular weight is 407 g/mol. The largest absolute Gasteiger partial charge is 0.340 e. The molecule has 0 fully saturated rings. The van der Waals surface area contributed by atoms with Crippen LogP contribution in [-0.2, 0) is 0 Å². The first-order valence-corrected chi connectivity index (χ1v) is 8.77. The van der Waals surface area contributed by atoms with Crippen LogP contribution in [0.15, 0.2) is 73.6 Å². The zero-order chi connectivity index (χ0) is 20.9. The molecule has 2 aromatic carbocycles. The second-order valence-corrected chi connectivity index (χ2v) is 6.17. The molecule has 0 saturated carbocycles. The highest BCUT2D eigenvalue weighted by molar-refractivity contribution is 5.99. The Balaban J connectivity index is 1.38. The molecule has 0 spiro atoms. The van der Waals surface area contributed by atoms with Crippen molar-refractivity contribution < 1.29 is 13.6 Å². The van der Waals surface area contributed by atoms with E-state index < -0.39 is 17.7 Å². The van der Waals surface area contributed by atoms with E-state index in [0.29, 0.717) is 17.3 Å². The van der Waals surface area contributed by atoms with Gasteiger partial charge < -0.3 is 16.0 Å². The minimum absolute atomic E-state index is 0.0146. The summed E-state index contributed by atoms with van der Waals surface area (Å²) in [6.07, 6.45) is 6.50. The number of rotatable bonds is 5. The van der Waals surface area contributed by atoms with Crippen LogP contribution < -0.4 is 16.0 Å². The summed E-state index contributed by atoms with van der Waals surface area (Å²) in [5.74, 6) is -0.308. The van der Waals surface area contributed by atoms with Gasteiger partial charge in [-0.1, -0.05) is 0 Å². The number of hydrogen-bond donors (Lipinski definition) is 3. The fourth-order valence-corrected chi connectivity index (χ4v) is 2.66. The number of benzene rings is 2. The van der Waals surface area contributed by atoms with Crippen molar-refractivity contribution in [3.8, 4) is 5.82 Å². The zero-order valence-corrected chi connectivity index (χ0v) is 15.4. The molecule has 2 aromatic heterocycles. The lowest BCUT2D eigenvalue weighted by Crippen LogP contribution is -2.19. The van der Waals surface area contributed by atoms with Crippen LogP contribution in [0.4, 0.5) is 36.5 Å². The number of urea groups is 1. The molecule has 2 amide bonds. The lowest BCUT2D eigenvalue weighted by Gasteiger charge is -2.10. The fraction of sp³-hybridized carbons (Fsp3) is 0. The monoisotopic (exact) mass is 407 g/mol. The molecule has 10 heteroatoms. The lowest BCUT2D eigenvalue weighted by atomic mass is 10.2. The van der Waals surface area contributed by atoms with Crippen LogP contribution in [0.25, 0.3) is 5.82 Å². The highest BCUT2D eigenvalue weighted by atomic mass is 19.1. The summed E-state index contributed by atoms with van der Waals surface area (Å²) in [6, 6.07) is 10.8. The van der Waals surface area contributed by atoms with Gasteiger partial charge in [0.15, 0.2) is 0 Å². The van der Waals surface area contributed by atoms with E-state index in [2.05, 4.69) is 30.9 Å². The van der Waals surface area contributed by atoms with Gasteiger partial charge in [-0.15, -0.1) is 0 Å². The Labute approximate surface area is 169 Å². The fourth-order valence-electron chi connectivity index (χ4n) is 2.66. The van der Waals surface area contributed by atoms with Crippen LogP contribution in [0.1, 0.15) is 0 Å². The maximum absolute atomic E-state index is 13.2. The van der Waals surface area contributed by atoms with Gasteiger partial charge in [-0.25, -0.2) is 28.5 Å². The van der Waals surface area contributed by atoms with E-state index in [9.17, 15) is 13.6 Å². The van der Waals surface area contributed by atoms with Crippen molar-refractivity contribution in [2.24, 2.45) is 0 Å². The van der Waals surface area contributed by atoms with E-state index >= 15 is 0 Å². The number of aromatic nitrogens is 4. The third-order valence-electron chi connectivity index (χ3n) is 3.96. The van der Waals surface area contributed by atoms with Crippen LogP contribution in [0.5, 0.6) is 0 Å². The maximum Gasteiger partial charge on any atom is 0.323 e. The van der Waals surface area contributed by atoms with Crippen molar-refractivity contribution in [2.75, 3.05) is 16.0 Å². The number of halogens is 2. The van der Waals surface area contributed by atoms with Gasteiger partial charge in [-0.3, -0.25) is 4.57 Å². The van der Waals surface area contributed by atoms with Crippen molar-refractivity contribution in [3.63, 3.8) is 0 Å². The van der Waals surface area contributed by atoms with Gasteiger partial charge in [-0.05, 0) is 36.4 Å². The Morgan fingerprint density at radius 2 is 1.57 bits per heavy atom. The molecule has 4 rings (SSSR count). The number of carbonyl (C=O) groups excluding carboxylic acids is 1. The molecular formula is C20H15F2N7O. The molecule has 0 radical (unpaired) electrons. The van der Waals surface area contributed by atoms with Gasteiger partial charge in [0.1, 0.15) is 35.9 Å². The second-order valence-electron chi connectivity index (χ2n) is 6.17. The summed E-state index contributed by atoms with van der Waals surface area (Å²) in [5.41, 5.74) is 1.25. The second kappa shape index (κ2) is 8.35. The molecule has 0 aliphatic carbocycles. The molecular weight excluding hydrogens is 392 g/mol. The van der Waals surface area contributed by atoms with Gasteiger partial charge >= 0.3 is 6.03 Å². The SMILES string of the molecule is O=C(Nc1ccc(Nc2cc(-n3ccnc3)ncn2)cc1)Nc1cc(F)cc(F)c1. The molecule has 4 aromatic rings. The standard InChI is InChI=1S/C20H15F2N7O/c21-13-7-14(22)9-17(8-13)28-20(30)27-16-3-1-15(2-4-16)26-18-10-19(25-11-24-18)29-6-5-23-12-29/h1-12H,(H,24,25,26)(H2,27,28,30). The Bertz CT molecular complexity index is 1140. The smallest absolute Gasteiger partial charge is 0.323 e. The number of anilines is 4. The summed E-state index contributed by atoms with van der Waals surface area (Å²) in [4.78, 5) is 24.4.